The molecule has 190 valence electrons. The van der Waals surface area contributed by atoms with Crippen molar-refractivity contribution in [3.05, 3.63) is 86.9 Å². The Morgan fingerprint density at radius 3 is 2.27 bits per heavy atom. The second-order valence-corrected chi connectivity index (χ2v) is 11.6. The van der Waals surface area contributed by atoms with Crippen LogP contribution in [0.4, 0.5) is 10.5 Å². The van der Waals surface area contributed by atoms with Crippen molar-refractivity contribution < 1.29 is 19.1 Å². The van der Waals surface area contributed by atoms with Gasteiger partial charge in [-0.05, 0) is 66.5 Å². The van der Waals surface area contributed by atoms with E-state index < -0.39 is 11.5 Å². The molecule has 1 aliphatic rings. The van der Waals surface area contributed by atoms with Crippen molar-refractivity contribution >= 4 is 52.0 Å². The molecule has 0 saturated heterocycles. The van der Waals surface area contributed by atoms with Gasteiger partial charge in [-0.1, -0.05) is 66.2 Å². The van der Waals surface area contributed by atoms with E-state index in [1.54, 1.807) is 17.4 Å². The van der Waals surface area contributed by atoms with Crippen molar-refractivity contribution in [2.24, 2.45) is 0 Å². The van der Waals surface area contributed by atoms with E-state index in [0.29, 0.717) is 16.6 Å². The number of thiophene rings is 2. The standard InChI is InChI=1S/C29H26ClNO4S2/c1-3-34-27(32)29(14-15-29)22-12-10-20(11-13-22)19-6-8-21(9-7-19)26-23(17-25(30)37-26)31-28(33)35-18(2)24-5-4-16-36-24/h4-13,16-18H,3,14-15H2,1-2H3,(H,31,33). The molecule has 2 aromatic carbocycles. The summed E-state index contributed by atoms with van der Waals surface area (Å²) in [6, 6.07) is 21.8. The molecule has 1 atom stereocenters. The van der Waals surface area contributed by atoms with E-state index in [4.69, 9.17) is 21.1 Å². The molecule has 1 fully saturated rings. The fourth-order valence-electron chi connectivity index (χ4n) is 4.35. The molecule has 4 aromatic rings. The second kappa shape index (κ2) is 10.7. The zero-order chi connectivity index (χ0) is 26.0. The lowest BCUT2D eigenvalue weighted by Crippen LogP contribution is -2.23. The number of esters is 1. The number of nitrogens with one attached hydrogen (secondary N) is 1. The highest BCUT2D eigenvalue weighted by molar-refractivity contribution is 7.20. The van der Waals surface area contributed by atoms with Gasteiger partial charge in [0.1, 0.15) is 6.10 Å². The van der Waals surface area contributed by atoms with Gasteiger partial charge in [0.2, 0.25) is 0 Å². The molecule has 5 nitrogen and oxygen atoms in total. The summed E-state index contributed by atoms with van der Waals surface area (Å²) in [6.07, 6.45) is 0.806. The lowest BCUT2D eigenvalue weighted by atomic mass is 9.93. The highest BCUT2D eigenvalue weighted by Crippen LogP contribution is 2.49. The molecule has 2 aromatic heterocycles. The number of hydrogen-bond acceptors (Lipinski definition) is 6. The number of carbonyl (C=O) groups excluding carboxylic acids is 2. The number of carbonyl (C=O) groups is 2. The maximum absolute atomic E-state index is 12.5. The predicted octanol–water partition coefficient (Wildman–Crippen LogP) is 8.70. The molecule has 5 rings (SSSR count). The van der Waals surface area contributed by atoms with Gasteiger partial charge < -0.3 is 9.47 Å². The zero-order valence-electron chi connectivity index (χ0n) is 20.5. The van der Waals surface area contributed by atoms with E-state index in [2.05, 4.69) is 5.32 Å². The van der Waals surface area contributed by atoms with Crippen LogP contribution in [0.15, 0.2) is 72.1 Å². The molecule has 0 radical (unpaired) electrons. The van der Waals surface area contributed by atoms with E-state index in [0.717, 1.165) is 44.8 Å². The lowest BCUT2D eigenvalue weighted by Gasteiger charge is -2.15. The second-order valence-electron chi connectivity index (χ2n) is 8.94. The van der Waals surface area contributed by atoms with E-state index in [9.17, 15) is 9.59 Å². The van der Waals surface area contributed by atoms with E-state index in [-0.39, 0.29) is 12.1 Å². The molecular weight excluding hydrogens is 526 g/mol. The fourth-order valence-corrected chi connectivity index (χ4v) is 6.25. The van der Waals surface area contributed by atoms with Gasteiger partial charge in [-0.2, -0.15) is 0 Å². The molecule has 1 saturated carbocycles. The molecule has 0 aliphatic heterocycles. The molecule has 1 N–H and O–H groups in total. The Balaban J connectivity index is 1.29. The molecule has 1 amide bonds. The van der Waals surface area contributed by atoms with Crippen LogP contribution in [0.2, 0.25) is 4.34 Å². The van der Waals surface area contributed by atoms with Gasteiger partial charge >= 0.3 is 12.1 Å². The first-order valence-corrected chi connectivity index (χ1v) is 14.2. The van der Waals surface area contributed by atoms with Gasteiger partial charge in [0, 0.05) is 4.88 Å². The molecule has 1 aliphatic carbocycles. The third-order valence-electron chi connectivity index (χ3n) is 6.50. The molecule has 0 bridgehead atoms. The van der Waals surface area contributed by atoms with Crippen LogP contribution < -0.4 is 5.32 Å². The Bertz CT molecular complexity index is 1390. The fraction of sp³-hybridized carbons (Fsp3) is 0.241. The summed E-state index contributed by atoms with van der Waals surface area (Å²) in [5.41, 5.74) is 4.21. The van der Waals surface area contributed by atoms with Crippen LogP contribution in [0.1, 0.15) is 43.2 Å². The first-order valence-electron chi connectivity index (χ1n) is 12.1. The summed E-state index contributed by atoms with van der Waals surface area (Å²) in [5.74, 6) is -0.129. The molecule has 0 spiro atoms. The van der Waals surface area contributed by atoms with Crippen molar-refractivity contribution in [1.29, 1.82) is 0 Å². The maximum atomic E-state index is 12.5. The van der Waals surface area contributed by atoms with Crippen molar-refractivity contribution in [3.8, 4) is 21.6 Å². The SMILES string of the molecule is CCOC(=O)C1(c2ccc(-c3ccc(-c4sc(Cl)cc4NC(=O)OC(C)c4cccs4)cc3)cc2)CC1. The average molecular weight is 552 g/mol. The summed E-state index contributed by atoms with van der Waals surface area (Å²) >= 11 is 9.25. The molecule has 2 heterocycles. The summed E-state index contributed by atoms with van der Waals surface area (Å²) in [4.78, 5) is 26.8. The Morgan fingerprint density at radius 1 is 1.03 bits per heavy atom. The van der Waals surface area contributed by atoms with Crippen molar-refractivity contribution in [2.45, 2.75) is 38.2 Å². The maximum Gasteiger partial charge on any atom is 0.412 e. The van der Waals surface area contributed by atoms with Gasteiger partial charge in [-0.25, -0.2) is 4.79 Å². The normalized spacial score (nSPS) is 14.6. The molecule has 1 unspecified atom stereocenters. The van der Waals surface area contributed by atoms with Gasteiger partial charge in [0.05, 0.1) is 26.9 Å². The minimum Gasteiger partial charge on any atom is -0.465 e. The number of benzene rings is 2. The van der Waals surface area contributed by atoms with Crippen LogP contribution in [0.3, 0.4) is 0 Å². The van der Waals surface area contributed by atoms with E-state index >= 15 is 0 Å². The topological polar surface area (TPSA) is 64.6 Å². The van der Waals surface area contributed by atoms with Crippen molar-refractivity contribution in [2.75, 3.05) is 11.9 Å². The van der Waals surface area contributed by atoms with Gasteiger partial charge in [-0.15, -0.1) is 22.7 Å². The zero-order valence-corrected chi connectivity index (χ0v) is 22.8. The number of rotatable bonds is 8. The summed E-state index contributed by atoms with van der Waals surface area (Å²) < 4.78 is 11.4. The first-order chi connectivity index (χ1) is 17.9. The summed E-state index contributed by atoms with van der Waals surface area (Å²) in [7, 11) is 0. The quantitative estimate of drug-likeness (QED) is 0.222. The molecule has 37 heavy (non-hydrogen) atoms. The van der Waals surface area contributed by atoms with Crippen LogP contribution in [0, 0.1) is 0 Å². The summed E-state index contributed by atoms with van der Waals surface area (Å²) in [5, 5.41) is 4.80. The average Bonchev–Trinajstić information content (AvgIpc) is 3.35. The van der Waals surface area contributed by atoms with Gasteiger partial charge in [0.15, 0.2) is 0 Å². The highest BCUT2D eigenvalue weighted by Gasteiger charge is 2.52. The van der Waals surface area contributed by atoms with Crippen LogP contribution in [-0.4, -0.2) is 18.7 Å². The number of amides is 1. The smallest absolute Gasteiger partial charge is 0.412 e. The van der Waals surface area contributed by atoms with Gasteiger partial charge in [-0.3, -0.25) is 10.1 Å². The predicted molar refractivity (Wildman–Crippen MR) is 151 cm³/mol. The number of anilines is 1. The third kappa shape index (κ3) is 5.44. The Morgan fingerprint density at radius 2 is 1.68 bits per heavy atom. The Labute approximate surface area is 229 Å². The van der Waals surface area contributed by atoms with Crippen LogP contribution >= 0.6 is 34.3 Å². The van der Waals surface area contributed by atoms with Crippen molar-refractivity contribution in [1.82, 2.24) is 0 Å². The van der Waals surface area contributed by atoms with Crippen LogP contribution in [0.25, 0.3) is 21.6 Å². The molecule has 8 heteroatoms. The number of ether oxygens (including phenoxy) is 2. The largest absolute Gasteiger partial charge is 0.465 e. The first kappa shape index (κ1) is 25.5. The lowest BCUT2D eigenvalue weighted by molar-refractivity contribution is -0.146. The highest BCUT2D eigenvalue weighted by atomic mass is 35.5. The van der Waals surface area contributed by atoms with Gasteiger partial charge in [0.25, 0.3) is 0 Å². The Hall–Kier alpha value is -3.13. The molecular formula is C29H26ClNO4S2. The van der Waals surface area contributed by atoms with E-state index in [1.165, 1.54) is 11.3 Å². The Kier molecular flexibility index (Phi) is 7.38. The minimum atomic E-state index is -0.524. The number of hydrogen-bond donors (Lipinski definition) is 1. The van der Waals surface area contributed by atoms with Crippen LogP contribution in [0.5, 0.6) is 0 Å². The minimum absolute atomic E-state index is 0.129. The van der Waals surface area contributed by atoms with E-state index in [1.807, 2.05) is 79.9 Å². The third-order valence-corrected chi connectivity index (χ3v) is 8.85. The van der Waals surface area contributed by atoms with Crippen molar-refractivity contribution in [3.63, 3.8) is 0 Å². The van der Waals surface area contributed by atoms with Crippen LogP contribution in [-0.2, 0) is 19.7 Å². The summed E-state index contributed by atoms with van der Waals surface area (Å²) in [6.45, 7) is 4.08. The number of halogens is 1. The monoisotopic (exact) mass is 551 g/mol.